The first kappa shape index (κ1) is 17.0. The minimum absolute atomic E-state index is 0.103. The molecule has 1 heterocycles. The molecule has 2 rings (SSSR count). The summed E-state index contributed by atoms with van der Waals surface area (Å²) in [4.78, 5) is 14.0. The fourth-order valence-electron chi connectivity index (χ4n) is 2.07. The summed E-state index contributed by atoms with van der Waals surface area (Å²) in [5.41, 5.74) is 2.82. The summed E-state index contributed by atoms with van der Waals surface area (Å²) < 4.78 is 2.70. The van der Waals surface area contributed by atoms with Gasteiger partial charge in [0.05, 0.1) is 23.5 Å². The van der Waals surface area contributed by atoms with Gasteiger partial charge in [-0.15, -0.1) is 0 Å². The Hall–Kier alpha value is -1.37. The zero-order valence-corrected chi connectivity index (χ0v) is 15.1. The molecule has 1 amide bonds. The highest BCUT2D eigenvalue weighted by Crippen LogP contribution is 2.25. The van der Waals surface area contributed by atoms with Gasteiger partial charge in [0.2, 0.25) is 5.91 Å². The third-order valence-corrected chi connectivity index (χ3v) is 4.20. The van der Waals surface area contributed by atoms with Gasteiger partial charge in [-0.3, -0.25) is 14.4 Å². The van der Waals surface area contributed by atoms with Crippen molar-refractivity contribution >= 4 is 39.1 Å². The van der Waals surface area contributed by atoms with Gasteiger partial charge in [-0.25, -0.2) is 0 Å². The summed E-state index contributed by atoms with van der Waals surface area (Å²) in [7, 11) is 3.80. The van der Waals surface area contributed by atoms with Crippen LogP contribution in [-0.2, 0) is 18.4 Å². The van der Waals surface area contributed by atoms with Crippen molar-refractivity contribution in [1.29, 1.82) is 0 Å². The van der Waals surface area contributed by atoms with E-state index < -0.39 is 0 Å². The maximum absolute atomic E-state index is 12.1. The van der Waals surface area contributed by atoms with Crippen LogP contribution in [-0.4, -0.2) is 34.2 Å². The van der Waals surface area contributed by atoms with Crippen LogP contribution in [0.3, 0.4) is 0 Å². The number of rotatable bonds is 5. The Kier molecular flexibility index (Phi) is 5.61. The molecule has 1 aromatic heterocycles. The number of aryl methyl sites for hydroxylation is 1. The van der Waals surface area contributed by atoms with Gasteiger partial charge in [-0.2, -0.15) is 5.10 Å². The topological polar surface area (TPSA) is 50.2 Å². The van der Waals surface area contributed by atoms with Crippen LogP contribution in [0, 0.1) is 6.92 Å². The van der Waals surface area contributed by atoms with Crippen LogP contribution in [0.2, 0.25) is 5.02 Å². The average molecular weight is 386 g/mol. The number of nitrogens with zero attached hydrogens (tertiary/aromatic N) is 3. The zero-order valence-electron chi connectivity index (χ0n) is 12.7. The van der Waals surface area contributed by atoms with Crippen LogP contribution < -0.4 is 5.32 Å². The Morgan fingerprint density at radius 3 is 2.82 bits per heavy atom. The molecule has 1 N–H and O–H groups in total. The molecule has 0 bridgehead atoms. The minimum atomic E-state index is -0.103. The van der Waals surface area contributed by atoms with Gasteiger partial charge < -0.3 is 5.32 Å². The maximum Gasteiger partial charge on any atom is 0.238 e. The molecule has 118 valence electrons. The first-order chi connectivity index (χ1) is 10.4. The van der Waals surface area contributed by atoms with E-state index in [2.05, 4.69) is 26.3 Å². The van der Waals surface area contributed by atoms with E-state index >= 15 is 0 Å². The van der Waals surface area contributed by atoms with Gasteiger partial charge in [0.25, 0.3) is 0 Å². The van der Waals surface area contributed by atoms with Gasteiger partial charge in [0, 0.05) is 29.3 Å². The summed E-state index contributed by atoms with van der Waals surface area (Å²) >= 11 is 9.43. The summed E-state index contributed by atoms with van der Waals surface area (Å²) in [5.74, 6) is -0.103. The fourth-order valence-corrected chi connectivity index (χ4v) is 2.79. The van der Waals surface area contributed by atoms with Gasteiger partial charge in [-0.1, -0.05) is 27.5 Å². The van der Waals surface area contributed by atoms with Gasteiger partial charge in [-0.05, 0) is 32.2 Å². The minimum Gasteiger partial charge on any atom is -0.324 e. The standard InChI is InChI=1S/C15H18BrClN4O/c1-10-11(7-18-21(10)3)8-20(2)9-15(22)19-14-5-4-12(16)6-13(14)17/h4-7H,8-9H2,1-3H3,(H,19,22). The molecule has 0 radical (unpaired) electrons. The second-order valence-corrected chi connectivity index (χ2v) is 6.55. The van der Waals surface area contributed by atoms with E-state index in [0.717, 1.165) is 15.7 Å². The van der Waals surface area contributed by atoms with E-state index in [9.17, 15) is 4.79 Å². The first-order valence-corrected chi connectivity index (χ1v) is 7.95. The molecule has 0 atom stereocenters. The Morgan fingerprint density at radius 2 is 2.23 bits per heavy atom. The van der Waals surface area contributed by atoms with Gasteiger partial charge >= 0.3 is 0 Å². The van der Waals surface area contributed by atoms with Crippen molar-refractivity contribution in [1.82, 2.24) is 14.7 Å². The number of amides is 1. The quantitative estimate of drug-likeness (QED) is 0.860. The van der Waals surface area contributed by atoms with Crippen molar-refractivity contribution in [3.05, 3.63) is 45.1 Å². The molecule has 5 nitrogen and oxygen atoms in total. The van der Waals surface area contributed by atoms with Crippen LogP contribution in [0.5, 0.6) is 0 Å². The lowest BCUT2D eigenvalue weighted by Gasteiger charge is -2.16. The van der Waals surface area contributed by atoms with Gasteiger partial charge in [0.1, 0.15) is 0 Å². The molecule has 0 aliphatic carbocycles. The lowest BCUT2D eigenvalue weighted by atomic mass is 10.2. The number of carbonyl (C=O) groups is 1. The van der Waals surface area contributed by atoms with E-state index in [1.807, 2.05) is 42.9 Å². The van der Waals surface area contributed by atoms with E-state index in [1.165, 1.54) is 0 Å². The van der Waals surface area contributed by atoms with Crippen molar-refractivity contribution in [3.8, 4) is 0 Å². The third-order valence-electron chi connectivity index (χ3n) is 3.40. The van der Waals surface area contributed by atoms with E-state index in [1.54, 1.807) is 12.1 Å². The number of hydrogen-bond donors (Lipinski definition) is 1. The number of aromatic nitrogens is 2. The van der Waals surface area contributed by atoms with Crippen molar-refractivity contribution in [2.75, 3.05) is 18.9 Å². The molecule has 2 aromatic rings. The molecule has 0 saturated carbocycles. The van der Waals surface area contributed by atoms with Crippen LogP contribution in [0.25, 0.3) is 0 Å². The molecule has 1 aromatic carbocycles. The highest BCUT2D eigenvalue weighted by molar-refractivity contribution is 9.10. The SMILES string of the molecule is Cc1c(CN(C)CC(=O)Nc2ccc(Br)cc2Cl)cnn1C. The molecule has 7 heteroatoms. The summed E-state index contributed by atoms with van der Waals surface area (Å²) in [6.45, 7) is 2.96. The highest BCUT2D eigenvalue weighted by Gasteiger charge is 2.12. The largest absolute Gasteiger partial charge is 0.324 e. The molecule has 0 aliphatic rings. The van der Waals surface area contributed by atoms with Crippen molar-refractivity contribution in [2.45, 2.75) is 13.5 Å². The molecule has 0 aliphatic heterocycles. The van der Waals surface area contributed by atoms with Crippen molar-refractivity contribution in [3.63, 3.8) is 0 Å². The smallest absolute Gasteiger partial charge is 0.238 e. The summed E-state index contributed by atoms with van der Waals surface area (Å²) in [5, 5.41) is 7.53. The Balaban J connectivity index is 1.92. The van der Waals surface area contributed by atoms with Crippen LogP contribution in [0.4, 0.5) is 5.69 Å². The highest BCUT2D eigenvalue weighted by atomic mass is 79.9. The first-order valence-electron chi connectivity index (χ1n) is 6.77. The van der Waals surface area contributed by atoms with Crippen molar-refractivity contribution < 1.29 is 4.79 Å². The number of halogens is 2. The molecule has 0 spiro atoms. The van der Waals surface area contributed by atoms with Crippen LogP contribution in [0.1, 0.15) is 11.3 Å². The Bertz CT molecular complexity index is 686. The third kappa shape index (κ3) is 4.32. The molecule has 0 unspecified atom stereocenters. The lowest BCUT2D eigenvalue weighted by Crippen LogP contribution is -2.30. The Labute approximate surface area is 143 Å². The summed E-state index contributed by atoms with van der Waals surface area (Å²) in [6.07, 6.45) is 1.83. The normalized spacial score (nSPS) is 11.0. The second-order valence-electron chi connectivity index (χ2n) is 5.22. The molecular weight excluding hydrogens is 368 g/mol. The second kappa shape index (κ2) is 7.26. The molecule has 22 heavy (non-hydrogen) atoms. The van der Waals surface area contributed by atoms with Gasteiger partial charge in [0.15, 0.2) is 0 Å². The fraction of sp³-hybridized carbons (Fsp3) is 0.333. The van der Waals surface area contributed by atoms with E-state index in [4.69, 9.17) is 11.6 Å². The number of likely N-dealkylation sites (N-methyl/N-ethyl adjacent to an activating group) is 1. The average Bonchev–Trinajstić information content (AvgIpc) is 2.74. The number of nitrogens with one attached hydrogen (secondary N) is 1. The molecular formula is C15H18BrClN4O. The summed E-state index contributed by atoms with van der Waals surface area (Å²) in [6, 6.07) is 5.36. The molecule has 0 saturated heterocycles. The number of hydrogen-bond acceptors (Lipinski definition) is 3. The van der Waals surface area contributed by atoms with E-state index in [-0.39, 0.29) is 12.5 Å². The zero-order chi connectivity index (χ0) is 16.3. The number of benzene rings is 1. The number of carbonyl (C=O) groups excluding carboxylic acids is 1. The maximum atomic E-state index is 12.1. The van der Waals surface area contributed by atoms with Crippen LogP contribution >= 0.6 is 27.5 Å². The Morgan fingerprint density at radius 1 is 1.50 bits per heavy atom. The van der Waals surface area contributed by atoms with E-state index in [0.29, 0.717) is 17.3 Å². The van der Waals surface area contributed by atoms with Crippen LogP contribution in [0.15, 0.2) is 28.9 Å². The number of anilines is 1. The monoisotopic (exact) mass is 384 g/mol. The predicted octanol–water partition coefficient (Wildman–Crippen LogP) is 3.21. The van der Waals surface area contributed by atoms with Crippen molar-refractivity contribution in [2.24, 2.45) is 7.05 Å². The predicted molar refractivity (Wildman–Crippen MR) is 92.1 cm³/mol. The molecule has 0 fully saturated rings. The lowest BCUT2D eigenvalue weighted by molar-refractivity contribution is -0.117.